The first kappa shape index (κ1) is 21.5. The lowest BCUT2D eigenvalue weighted by atomic mass is 9.98. The highest BCUT2D eigenvalue weighted by atomic mass is 16.5. The lowest BCUT2D eigenvalue weighted by Gasteiger charge is -2.31. The molecule has 3 rings (SSSR count). The minimum Gasteiger partial charge on any atom is -0.497 e. The maximum absolute atomic E-state index is 12.6. The molecule has 0 aliphatic carbocycles. The zero-order valence-corrected chi connectivity index (χ0v) is 17.2. The van der Waals surface area contributed by atoms with Crippen LogP contribution >= 0.6 is 0 Å². The van der Waals surface area contributed by atoms with Crippen molar-refractivity contribution in [3.8, 4) is 17.1 Å². The number of H-pyrrole nitrogens is 1. The average molecular weight is 414 g/mol. The number of carbonyl (C=O) groups is 2. The second kappa shape index (κ2) is 10.00. The Bertz CT molecular complexity index is 941. The number of hydrogen-bond acceptors (Lipinski definition) is 7. The zero-order valence-electron chi connectivity index (χ0n) is 17.2. The second-order valence-corrected chi connectivity index (χ2v) is 7.11. The molecule has 1 N–H and O–H groups in total. The van der Waals surface area contributed by atoms with Crippen LogP contribution in [0.15, 0.2) is 29.1 Å². The summed E-state index contributed by atoms with van der Waals surface area (Å²) >= 11 is 0. The number of hydrogen-bond donors (Lipinski definition) is 1. The summed E-state index contributed by atoms with van der Waals surface area (Å²) in [6, 6.07) is 7.09. The smallest absolute Gasteiger partial charge is 0.310 e. The number of amides is 1. The first-order valence-corrected chi connectivity index (χ1v) is 10.1. The molecule has 1 aliphatic rings. The maximum Gasteiger partial charge on any atom is 0.310 e. The van der Waals surface area contributed by atoms with Crippen molar-refractivity contribution in [2.24, 2.45) is 5.92 Å². The fourth-order valence-corrected chi connectivity index (χ4v) is 3.44. The monoisotopic (exact) mass is 414 g/mol. The van der Waals surface area contributed by atoms with Crippen molar-refractivity contribution < 1.29 is 19.1 Å². The van der Waals surface area contributed by atoms with Crippen molar-refractivity contribution in [2.75, 3.05) is 26.8 Å². The summed E-state index contributed by atoms with van der Waals surface area (Å²) in [4.78, 5) is 41.3. The third-order valence-electron chi connectivity index (χ3n) is 5.10. The molecule has 0 saturated carbocycles. The van der Waals surface area contributed by atoms with Gasteiger partial charge in [-0.1, -0.05) is 0 Å². The number of methoxy groups -OCH3 is 1. The Hall–Kier alpha value is -3.23. The molecule has 160 valence electrons. The average Bonchev–Trinajstić information content (AvgIpc) is 2.78. The number of piperidine rings is 1. The van der Waals surface area contributed by atoms with E-state index in [1.807, 2.05) is 0 Å². The second-order valence-electron chi connectivity index (χ2n) is 7.11. The van der Waals surface area contributed by atoms with Crippen LogP contribution in [-0.2, 0) is 20.7 Å². The van der Waals surface area contributed by atoms with Crippen LogP contribution in [0.3, 0.4) is 0 Å². The standard InChI is InChI=1S/C21H26N4O5/c1-3-30-21(28)15-5-4-12-25(13-15)18(26)11-10-17-20(27)22-19(24-23-17)14-6-8-16(29-2)9-7-14/h6-9,15H,3-5,10-13H2,1-2H3,(H,22,24,27). The topological polar surface area (TPSA) is 114 Å². The van der Waals surface area contributed by atoms with Gasteiger partial charge in [0.25, 0.3) is 5.56 Å². The Kier molecular flexibility index (Phi) is 7.16. The molecule has 2 aromatic rings. The molecule has 0 spiro atoms. The molecule has 1 aromatic carbocycles. The van der Waals surface area contributed by atoms with Gasteiger partial charge in [0.15, 0.2) is 5.82 Å². The summed E-state index contributed by atoms with van der Waals surface area (Å²) in [6.07, 6.45) is 1.80. The first-order chi connectivity index (χ1) is 14.5. The van der Waals surface area contributed by atoms with Gasteiger partial charge in [-0.05, 0) is 44.0 Å². The fraction of sp³-hybridized carbons (Fsp3) is 0.476. The van der Waals surface area contributed by atoms with Gasteiger partial charge in [-0.15, -0.1) is 10.2 Å². The van der Waals surface area contributed by atoms with Crippen LogP contribution in [0.1, 0.15) is 31.9 Å². The third kappa shape index (κ3) is 5.22. The number of benzene rings is 1. The van der Waals surface area contributed by atoms with Gasteiger partial charge in [0, 0.05) is 31.5 Å². The molecule has 1 saturated heterocycles. The van der Waals surface area contributed by atoms with Gasteiger partial charge in [-0.2, -0.15) is 0 Å². The van der Waals surface area contributed by atoms with Crippen molar-refractivity contribution >= 4 is 11.9 Å². The molecule has 1 unspecified atom stereocenters. The molecule has 1 fully saturated rings. The molecule has 0 radical (unpaired) electrons. The number of nitrogens with one attached hydrogen (secondary N) is 1. The predicted octanol–water partition coefficient (Wildman–Crippen LogP) is 1.57. The van der Waals surface area contributed by atoms with E-state index in [2.05, 4.69) is 15.2 Å². The Morgan fingerprint density at radius 3 is 2.67 bits per heavy atom. The number of ether oxygens (including phenoxy) is 2. The van der Waals surface area contributed by atoms with E-state index in [9.17, 15) is 14.4 Å². The highest BCUT2D eigenvalue weighted by Crippen LogP contribution is 2.19. The van der Waals surface area contributed by atoms with Crippen LogP contribution in [0.5, 0.6) is 5.75 Å². The summed E-state index contributed by atoms with van der Waals surface area (Å²) in [5.41, 5.74) is 0.549. The molecule has 0 bridgehead atoms. The van der Waals surface area contributed by atoms with Crippen molar-refractivity contribution in [1.29, 1.82) is 0 Å². The lowest BCUT2D eigenvalue weighted by molar-refractivity contribution is -0.151. The van der Waals surface area contributed by atoms with E-state index in [0.717, 1.165) is 12.8 Å². The normalized spacial score (nSPS) is 16.2. The molecule has 9 nitrogen and oxygen atoms in total. The van der Waals surface area contributed by atoms with Crippen LogP contribution in [-0.4, -0.2) is 58.8 Å². The van der Waals surface area contributed by atoms with Crippen LogP contribution < -0.4 is 10.3 Å². The molecular weight excluding hydrogens is 388 g/mol. The number of likely N-dealkylation sites (tertiary alicyclic amines) is 1. The summed E-state index contributed by atoms with van der Waals surface area (Å²) in [5, 5.41) is 8.09. The summed E-state index contributed by atoms with van der Waals surface area (Å²) in [6.45, 7) is 3.06. The van der Waals surface area contributed by atoms with Crippen molar-refractivity contribution in [3.05, 3.63) is 40.3 Å². The van der Waals surface area contributed by atoms with Crippen LogP contribution in [0.25, 0.3) is 11.4 Å². The highest BCUT2D eigenvalue weighted by molar-refractivity contribution is 5.78. The maximum atomic E-state index is 12.6. The van der Waals surface area contributed by atoms with Crippen LogP contribution in [0.2, 0.25) is 0 Å². The molecule has 30 heavy (non-hydrogen) atoms. The number of rotatable bonds is 7. The molecule has 2 heterocycles. The van der Waals surface area contributed by atoms with E-state index in [0.29, 0.717) is 36.8 Å². The van der Waals surface area contributed by atoms with E-state index >= 15 is 0 Å². The fourth-order valence-electron chi connectivity index (χ4n) is 3.44. The van der Waals surface area contributed by atoms with E-state index < -0.39 is 0 Å². The summed E-state index contributed by atoms with van der Waals surface area (Å²) in [7, 11) is 1.58. The molecular formula is C21H26N4O5. The summed E-state index contributed by atoms with van der Waals surface area (Å²) < 4.78 is 10.2. The van der Waals surface area contributed by atoms with E-state index in [1.165, 1.54) is 0 Å². The van der Waals surface area contributed by atoms with Crippen molar-refractivity contribution in [1.82, 2.24) is 20.1 Å². The summed E-state index contributed by atoms with van der Waals surface area (Å²) in [5.74, 6) is 0.406. The lowest BCUT2D eigenvalue weighted by Crippen LogP contribution is -2.43. The van der Waals surface area contributed by atoms with E-state index in [4.69, 9.17) is 9.47 Å². The van der Waals surface area contributed by atoms with Gasteiger partial charge in [0.1, 0.15) is 11.4 Å². The largest absolute Gasteiger partial charge is 0.497 e. The predicted molar refractivity (Wildman–Crippen MR) is 109 cm³/mol. The SMILES string of the molecule is CCOC(=O)C1CCCN(C(=O)CCc2nnc(-c3ccc(OC)cc3)[nH]c2=O)C1. The number of carbonyl (C=O) groups excluding carboxylic acids is 2. The Labute approximate surface area is 174 Å². The van der Waals surface area contributed by atoms with Crippen molar-refractivity contribution in [2.45, 2.75) is 32.6 Å². The van der Waals surface area contributed by atoms with Gasteiger partial charge in [-0.25, -0.2) is 0 Å². The Balaban J connectivity index is 1.59. The van der Waals surface area contributed by atoms with Crippen LogP contribution in [0.4, 0.5) is 0 Å². The number of aromatic amines is 1. The molecule has 1 atom stereocenters. The Morgan fingerprint density at radius 2 is 2.00 bits per heavy atom. The molecule has 1 aromatic heterocycles. The minimum absolute atomic E-state index is 0.107. The van der Waals surface area contributed by atoms with E-state index in [1.54, 1.807) is 43.2 Å². The number of aromatic nitrogens is 3. The van der Waals surface area contributed by atoms with E-state index in [-0.39, 0.29) is 41.9 Å². The number of esters is 1. The van der Waals surface area contributed by atoms with Crippen LogP contribution in [0, 0.1) is 5.92 Å². The Morgan fingerprint density at radius 1 is 1.23 bits per heavy atom. The first-order valence-electron chi connectivity index (χ1n) is 10.1. The zero-order chi connectivity index (χ0) is 21.5. The van der Waals surface area contributed by atoms with Gasteiger partial charge in [0.2, 0.25) is 5.91 Å². The molecule has 1 amide bonds. The van der Waals surface area contributed by atoms with Gasteiger partial charge < -0.3 is 19.4 Å². The highest BCUT2D eigenvalue weighted by Gasteiger charge is 2.29. The van der Waals surface area contributed by atoms with Crippen molar-refractivity contribution in [3.63, 3.8) is 0 Å². The molecule has 1 aliphatic heterocycles. The molecule has 9 heteroatoms. The quantitative estimate of drug-likeness (QED) is 0.684. The van der Waals surface area contributed by atoms with Gasteiger partial charge in [-0.3, -0.25) is 14.4 Å². The third-order valence-corrected chi connectivity index (χ3v) is 5.10. The van der Waals surface area contributed by atoms with Gasteiger partial charge in [0.05, 0.1) is 19.6 Å². The van der Waals surface area contributed by atoms with Gasteiger partial charge >= 0.3 is 5.97 Å². The minimum atomic E-state index is -0.369. The number of aryl methyl sites for hydroxylation is 1. The number of nitrogens with zero attached hydrogens (tertiary/aromatic N) is 3.